The molecule has 0 spiro atoms. The van der Waals surface area contributed by atoms with Crippen molar-refractivity contribution in [2.24, 2.45) is 4.99 Å². The number of rotatable bonds is 5. The minimum absolute atomic E-state index is 0. The molecule has 2 N–H and O–H groups in total. The van der Waals surface area contributed by atoms with Crippen LogP contribution in [-0.2, 0) is 11.3 Å². The summed E-state index contributed by atoms with van der Waals surface area (Å²) < 4.78 is 4.97. The molecule has 0 saturated carbocycles. The fraction of sp³-hybridized carbons (Fsp3) is 0.529. The summed E-state index contributed by atoms with van der Waals surface area (Å²) in [4.78, 5) is 16.2. The molecule has 0 radical (unpaired) electrons. The second-order valence-electron chi connectivity index (χ2n) is 5.99. The maximum atomic E-state index is 11.6. The standard InChI is InChI=1S/C17H27N3O2.HI/c1-6-18-16(20-17(3,4)5)19-12-13-8-10-14(11-9-13)15(21)22-7-2;/h8-11H,6-7,12H2,1-5H3,(H2,18,19,20);1H. The van der Waals surface area contributed by atoms with Crippen LogP contribution in [0.4, 0.5) is 0 Å². The van der Waals surface area contributed by atoms with Crippen LogP contribution in [0, 0.1) is 0 Å². The van der Waals surface area contributed by atoms with E-state index >= 15 is 0 Å². The van der Waals surface area contributed by atoms with Gasteiger partial charge in [0.2, 0.25) is 0 Å². The number of guanidine groups is 1. The van der Waals surface area contributed by atoms with Crippen molar-refractivity contribution < 1.29 is 9.53 Å². The molecule has 0 aliphatic carbocycles. The molecule has 0 unspecified atom stereocenters. The van der Waals surface area contributed by atoms with Crippen molar-refractivity contribution in [3.05, 3.63) is 35.4 Å². The fourth-order valence-electron chi connectivity index (χ4n) is 1.79. The van der Waals surface area contributed by atoms with E-state index in [9.17, 15) is 4.79 Å². The van der Waals surface area contributed by atoms with Gasteiger partial charge < -0.3 is 15.4 Å². The molecule has 0 bridgehead atoms. The minimum atomic E-state index is -0.291. The second kappa shape index (κ2) is 10.5. The Morgan fingerprint density at radius 3 is 2.26 bits per heavy atom. The van der Waals surface area contributed by atoms with E-state index < -0.39 is 0 Å². The van der Waals surface area contributed by atoms with Crippen molar-refractivity contribution in [3.8, 4) is 0 Å². The molecule has 6 heteroatoms. The SMILES string of the molecule is CCNC(=NCc1ccc(C(=O)OCC)cc1)NC(C)(C)C.I. The molecule has 0 aromatic heterocycles. The predicted octanol–water partition coefficient (Wildman–Crippen LogP) is 3.33. The second-order valence-corrected chi connectivity index (χ2v) is 5.99. The highest BCUT2D eigenvalue weighted by Crippen LogP contribution is 2.07. The van der Waals surface area contributed by atoms with Gasteiger partial charge in [0.25, 0.3) is 0 Å². The number of hydrogen-bond acceptors (Lipinski definition) is 3. The van der Waals surface area contributed by atoms with E-state index in [4.69, 9.17) is 4.74 Å². The molecule has 23 heavy (non-hydrogen) atoms. The number of esters is 1. The molecule has 1 rings (SSSR count). The van der Waals surface area contributed by atoms with Crippen molar-refractivity contribution in [1.29, 1.82) is 0 Å². The van der Waals surface area contributed by atoms with E-state index in [1.165, 1.54) is 0 Å². The molecular formula is C17H28IN3O2. The van der Waals surface area contributed by atoms with Crippen LogP contribution in [0.25, 0.3) is 0 Å². The zero-order chi connectivity index (χ0) is 16.6. The lowest BCUT2D eigenvalue weighted by molar-refractivity contribution is 0.0526. The number of carbonyl (C=O) groups excluding carboxylic acids is 1. The third kappa shape index (κ3) is 8.78. The summed E-state index contributed by atoms with van der Waals surface area (Å²) in [6, 6.07) is 7.34. The van der Waals surface area contributed by atoms with Crippen LogP contribution in [0.1, 0.15) is 50.5 Å². The number of aliphatic imine (C=N–C) groups is 1. The molecule has 0 atom stereocenters. The van der Waals surface area contributed by atoms with Crippen LogP contribution < -0.4 is 10.6 Å². The van der Waals surface area contributed by atoms with Gasteiger partial charge in [-0.15, -0.1) is 24.0 Å². The first-order valence-electron chi connectivity index (χ1n) is 7.68. The molecule has 1 aromatic rings. The summed E-state index contributed by atoms with van der Waals surface area (Å²) in [6.45, 7) is 11.9. The van der Waals surface area contributed by atoms with Crippen molar-refractivity contribution in [2.75, 3.05) is 13.2 Å². The van der Waals surface area contributed by atoms with Gasteiger partial charge in [-0.2, -0.15) is 0 Å². The van der Waals surface area contributed by atoms with Gasteiger partial charge in [0.05, 0.1) is 18.7 Å². The maximum Gasteiger partial charge on any atom is 0.338 e. The van der Waals surface area contributed by atoms with Gasteiger partial charge in [-0.1, -0.05) is 12.1 Å². The molecule has 0 amide bonds. The Morgan fingerprint density at radius 2 is 1.78 bits per heavy atom. The summed E-state index contributed by atoms with van der Waals surface area (Å²) in [7, 11) is 0. The van der Waals surface area contributed by atoms with Gasteiger partial charge in [-0.05, 0) is 52.3 Å². The average Bonchev–Trinajstić information content (AvgIpc) is 2.44. The highest BCUT2D eigenvalue weighted by Gasteiger charge is 2.11. The average molecular weight is 433 g/mol. The molecule has 0 aliphatic heterocycles. The Kier molecular flexibility index (Phi) is 9.87. The van der Waals surface area contributed by atoms with Crippen LogP contribution in [0.2, 0.25) is 0 Å². The normalized spacial score (nSPS) is 11.4. The highest BCUT2D eigenvalue weighted by molar-refractivity contribution is 14.0. The Bertz CT molecular complexity index is 508. The zero-order valence-corrected chi connectivity index (χ0v) is 16.9. The van der Waals surface area contributed by atoms with Crippen LogP contribution >= 0.6 is 24.0 Å². The van der Waals surface area contributed by atoms with Crippen LogP contribution in [0.15, 0.2) is 29.3 Å². The van der Waals surface area contributed by atoms with Crippen LogP contribution in [0.5, 0.6) is 0 Å². The molecule has 5 nitrogen and oxygen atoms in total. The molecule has 0 saturated heterocycles. The van der Waals surface area contributed by atoms with Crippen molar-refractivity contribution in [2.45, 2.75) is 46.7 Å². The summed E-state index contributed by atoms with van der Waals surface area (Å²) in [5, 5.41) is 6.56. The summed E-state index contributed by atoms with van der Waals surface area (Å²) in [5.74, 6) is 0.491. The van der Waals surface area contributed by atoms with E-state index in [1.54, 1.807) is 19.1 Å². The summed E-state index contributed by atoms with van der Waals surface area (Å²) >= 11 is 0. The van der Waals surface area contributed by atoms with E-state index in [2.05, 4.69) is 36.4 Å². The Balaban J connectivity index is 0.00000484. The molecular weight excluding hydrogens is 405 g/mol. The monoisotopic (exact) mass is 433 g/mol. The Morgan fingerprint density at radius 1 is 1.17 bits per heavy atom. The van der Waals surface area contributed by atoms with Gasteiger partial charge in [-0.3, -0.25) is 0 Å². The lowest BCUT2D eigenvalue weighted by Crippen LogP contribution is -2.47. The van der Waals surface area contributed by atoms with Crippen LogP contribution in [-0.4, -0.2) is 30.6 Å². The first-order chi connectivity index (χ1) is 10.4. The fourth-order valence-corrected chi connectivity index (χ4v) is 1.79. The van der Waals surface area contributed by atoms with E-state index in [1.807, 2.05) is 19.1 Å². The topological polar surface area (TPSA) is 62.7 Å². The summed E-state index contributed by atoms with van der Waals surface area (Å²) in [5.41, 5.74) is 1.56. The van der Waals surface area contributed by atoms with Crippen molar-refractivity contribution >= 4 is 35.9 Å². The number of hydrogen-bond donors (Lipinski definition) is 2. The molecule has 130 valence electrons. The first-order valence-corrected chi connectivity index (χ1v) is 7.68. The smallest absolute Gasteiger partial charge is 0.338 e. The summed E-state index contributed by atoms with van der Waals surface area (Å²) in [6.07, 6.45) is 0. The van der Waals surface area contributed by atoms with Crippen molar-refractivity contribution in [3.63, 3.8) is 0 Å². The highest BCUT2D eigenvalue weighted by atomic mass is 127. The van der Waals surface area contributed by atoms with Crippen molar-refractivity contribution in [1.82, 2.24) is 10.6 Å². The Hall–Kier alpha value is -1.31. The minimum Gasteiger partial charge on any atom is -0.462 e. The number of benzene rings is 1. The number of nitrogens with one attached hydrogen (secondary N) is 2. The van der Waals surface area contributed by atoms with Gasteiger partial charge >= 0.3 is 5.97 Å². The van der Waals surface area contributed by atoms with Gasteiger partial charge in [0.15, 0.2) is 5.96 Å². The predicted molar refractivity (Wildman–Crippen MR) is 106 cm³/mol. The third-order valence-corrected chi connectivity index (χ3v) is 2.72. The van der Waals surface area contributed by atoms with Gasteiger partial charge in [-0.25, -0.2) is 9.79 Å². The third-order valence-electron chi connectivity index (χ3n) is 2.72. The molecule has 0 aliphatic rings. The van der Waals surface area contributed by atoms with E-state index in [0.29, 0.717) is 18.7 Å². The van der Waals surface area contributed by atoms with E-state index in [-0.39, 0.29) is 35.5 Å². The number of ether oxygens (including phenoxy) is 1. The number of nitrogens with zero attached hydrogens (tertiary/aromatic N) is 1. The number of carbonyl (C=O) groups is 1. The Labute approximate surface area is 156 Å². The van der Waals surface area contributed by atoms with E-state index in [0.717, 1.165) is 18.1 Å². The van der Waals surface area contributed by atoms with Gasteiger partial charge in [0, 0.05) is 12.1 Å². The van der Waals surface area contributed by atoms with Gasteiger partial charge in [0.1, 0.15) is 0 Å². The molecule has 1 aromatic carbocycles. The number of halogens is 1. The van der Waals surface area contributed by atoms with Crippen LogP contribution in [0.3, 0.4) is 0 Å². The molecule has 0 fully saturated rings. The lowest BCUT2D eigenvalue weighted by Gasteiger charge is -2.23. The first kappa shape index (κ1) is 21.7. The molecule has 0 heterocycles. The quantitative estimate of drug-likeness (QED) is 0.324. The largest absolute Gasteiger partial charge is 0.462 e. The lowest BCUT2D eigenvalue weighted by atomic mass is 10.1. The zero-order valence-electron chi connectivity index (χ0n) is 14.6. The maximum absolute atomic E-state index is 11.6.